The predicted molar refractivity (Wildman–Crippen MR) is 112 cm³/mol. The number of nitrogens with one attached hydrogen (secondary N) is 2. The van der Waals surface area contributed by atoms with Crippen LogP contribution in [0.4, 0.5) is 4.79 Å². The molecular formula is C21H31N5O4. The molecule has 2 heterocycles. The Hall–Kier alpha value is -2.65. The number of carbonyl (C=O) groups is 1. The second kappa shape index (κ2) is 10.4. The molecule has 0 spiro atoms. The van der Waals surface area contributed by atoms with E-state index < -0.39 is 6.10 Å². The number of aliphatic hydroxyl groups is 1. The molecule has 2 aromatic rings. The molecule has 0 saturated carbocycles. The molecule has 1 aliphatic rings. The first-order valence-electron chi connectivity index (χ1n) is 10.4. The first kappa shape index (κ1) is 22.0. The van der Waals surface area contributed by atoms with Gasteiger partial charge in [0.25, 0.3) is 0 Å². The van der Waals surface area contributed by atoms with Crippen LogP contribution in [0.2, 0.25) is 0 Å². The van der Waals surface area contributed by atoms with Crippen molar-refractivity contribution in [1.29, 1.82) is 0 Å². The van der Waals surface area contributed by atoms with Gasteiger partial charge < -0.3 is 25.2 Å². The second-order valence-electron chi connectivity index (χ2n) is 7.79. The summed E-state index contributed by atoms with van der Waals surface area (Å²) in [5, 5.41) is 23.9. The van der Waals surface area contributed by atoms with Crippen molar-refractivity contribution in [3.63, 3.8) is 0 Å². The Morgan fingerprint density at radius 3 is 2.90 bits per heavy atom. The average molecular weight is 418 g/mol. The number of aryl methyl sites for hydroxylation is 1. The molecular weight excluding hydrogens is 386 g/mol. The predicted octanol–water partition coefficient (Wildman–Crippen LogP) is 1.96. The Bertz CT molecular complexity index is 825. The number of urea groups is 1. The Morgan fingerprint density at radius 1 is 1.37 bits per heavy atom. The van der Waals surface area contributed by atoms with E-state index in [0.29, 0.717) is 6.54 Å². The Balaban J connectivity index is 1.52. The van der Waals surface area contributed by atoms with Crippen molar-refractivity contribution in [1.82, 2.24) is 25.6 Å². The van der Waals surface area contributed by atoms with Gasteiger partial charge in [0, 0.05) is 18.2 Å². The van der Waals surface area contributed by atoms with Crippen molar-refractivity contribution in [3.8, 4) is 17.0 Å². The molecule has 0 aliphatic carbocycles. The fraction of sp³-hybridized carbons (Fsp3) is 0.571. The first-order chi connectivity index (χ1) is 14.5. The van der Waals surface area contributed by atoms with Crippen LogP contribution in [0.25, 0.3) is 11.3 Å². The van der Waals surface area contributed by atoms with Crippen LogP contribution >= 0.6 is 0 Å². The quantitative estimate of drug-likeness (QED) is 0.606. The second-order valence-corrected chi connectivity index (χ2v) is 7.79. The molecule has 164 valence electrons. The van der Waals surface area contributed by atoms with Crippen LogP contribution in [-0.2, 0) is 11.3 Å². The highest BCUT2D eigenvalue weighted by molar-refractivity contribution is 5.74. The molecule has 1 fully saturated rings. The number of carbonyl (C=O) groups excluding carboxylic acids is 1. The summed E-state index contributed by atoms with van der Waals surface area (Å²) < 4.78 is 13.2. The minimum absolute atomic E-state index is 0.00716. The number of para-hydroxylation sites is 1. The van der Waals surface area contributed by atoms with Crippen molar-refractivity contribution in [3.05, 3.63) is 30.5 Å². The summed E-state index contributed by atoms with van der Waals surface area (Å²) in [6, 6.07) is 7.32. The van der Waals surface area contributed by atoms with Gasteiger partial charge >= 0.3 is 6.03 Å². The summed E-state index contributed by atoms with van der Waals surface area (Å²) in [7, 11) is 1.63. The molecule has 30 heavy (non-hydrogen) atoms. The first-order valence-corrected chi connectivity index (χ1v) is 10.4. The third-order valence-corrected chi connectivity index (χ3v) is 5.13. The van der Waals surface area contributed by atoms with Gasteiger partial charge in [0.15, 0.2) is 0 Å². The molecule has 2 amide bonds. The number of hydrogen-bond donors (Lipinski definition) is 3. The molecule has 1 aromatic carbocycles. The molecule has 9 nitrogen and oxygen atoms in total. The zero-order chi connectivity index (χ0) is 21.5. The fourth-order valence-electron chi connectivity index (χ4n) is 3.65. The van der Waals surface area contributed by atoms with Crippen molar-refractivity contribution >= 4 is 6.03 Å². The molecule has 3 rings (SSSR count). The van der Waals surface area contributed by atoms with E-state index in [4.69, 9.17) is 9.47 Å². The average Bonchev–Trinajstić information content (AvgIpc) is 3.21. The van der Waals surface area contributed by atoms with Crippen LogP contribution in [0.5, 0.6) is 5.75 Å². The molecule has 0 bridgehead atoms. The van der Waals surface area contributed by atoms with E-state index in [0.717, 1.165) is 36.3 Å². The topological polar surface area (TPSA) is 111 Å². The van der Waals surface area contributed by atoms with Crippen LogP contribution in [0.3, 0.4) is 0 Å². The highest BCUT2D eigenvalue weighted by Gasteiger charge is 2.31. The lowest BCUT2D eigenvalue weighted by molar-refractivity contribution is -0.0908. The number of aromatic nitrogens is 3. The van der Waals surface area contributed by atoms with E-state index in [9.17, 15) is 9.90 Å². The third-order valence-electron chi connectivity index (χ3n) is 5.13. The van der Waals surface area contributed by atoms with Gasteiger partial charge in [-0.2, -0.15) is 0 Å². The van der Waals surface area contributed by atoms with Gasteiger partial charge in [-0.25, -0.2) is 4.79 Å². The maximum atomic E-state index is 12.0. The molecule has 1 aromatic heterocycles. The number of amides is 2. The van der Waals surface area contributed by atoms with Gasteiger partial charge in [0.1, 0.15) is 17.5 Å². The molecule has 9 heteroatoms. The summed E-state index contributed by atoms with van der Waals surface area (Å²) in [6.07, 6.45) is 3.78. The van der Waals surface area contributed by atoms with E-state index in [1.54, 1.807) is 11.8 Å². The highest BCUT2D eigenvalue weighted by atomic mass is 16.5. The minimum atomic E-state index is -0.415. The van der Waals surface area contributed by atoms with Crippen LogP contribution in [0, 0.1) is 0 Å². The Morgan fingerprint density at radius 2 is 2.17 bits per heavy atom. The number of benzene rings is 1. The third kappa shape index (κ3) is 5.70. The van der Waals surface area contributed by atoms with Crippen LogP contribution < -0.4 is 15.4 Å². The summed E-state index contributed by atoms with van der Waals surface area (Å²) in [4.78, 5) is 12.0. The summed E-state index contributed by atoms with van der Waals surface area (Å²) in [6.45, 7) is 4.32. The number of methoxy groups -OCH3 is 1. The smallest absolute Gasteiger partial charge is 0.315 e. The monoisotopic (exact) mass is 417 g/mol. The molecule has 0 unspecified atom stereocenters. The standard InChI is InChI=1S/C21H31N5O4/c1-14(2)22-21(28)23-17-9-8-15(30-20(17)13-27)10-11-26-12-18(24-25-26)16-6-4-5-7-19(16)29-3/h4-7,12,14-15,17,20,27H,8-11,13H2,1-3H3,(H2,22,23,28)/t15-,17-,20-/m0/s1. The van der Waals surface area contributed by atoms with Crippen molar-refractivity contribution in [2.75, 3.05) is 13.7 Å². The van der Waals surface area contributed by atoms with Gasteiger partial charge in [-0.15, -0.1) is 5.10 Å². The maximum Gasteiger partial charge on any atom is 0.315 e. The van der Waals surface area contributed by atoms with E-state index in [1.165, 1.54) is 0 Å². The molecule has 3 atom stereocenters. The Kier molecular flexibility index (Phi) is 7.64. The lowest BCUT2D eigenvalue weighted by atomic mass is 9.97. The summed E-state index contributed by atoms with van der Waals surface area (Å²) in [5.41, 5.74) is 1.65. The number of nitrogens with zero attached hydrogens (tertiary/aromatic N) is 3. The largest absolute Gasteiger partial charge is 0.496 e. The normalized spacial score (nSPS) is 21.4. The van der Waals surface area contributed by atoms with Crippen LogP contribution in [-0.4, -0.2) is 64.1 Å². The Labute approximate surface area is 176 Å². The van der Waals surface area contributed by atoms with E-state index >= 15 is 0 Å². The van der Waals surface area contributed by atoms with Gasteiger partial charge in [-0.3, -0.25) is 4.68 Å². The number of rotatable bonds is 8. The van der Waals surface area contributed by atoms with Crippen molar-refractivity contribution < 1.29 is 19.4 Å². The molecule has 3 N–H and O–H groups in total. The zero-order valence-electron chi connectivity index (χ0n) is 17.7. The zero-order valence-corrected chi connectivity index (χ0v) is 17.7. The van der Waals surface area contributed by atoms with Gasteiger partial charge in [0.2, 0.25) is 0 Å². The van der Waals surface area contributed by atoms with Crippen molar-refractivity contribution in [2.45, 2.75) is 63.9 Å². The SMILES string of the molecule is COc1ccccc1-c1cn(CC[C@@H]2CC[C@H](NC(=O)NC(C)C)[C@H](CO)O2)nn1. The lowest BCUT2D eigenvalue weighted by Crippen LogP contribution is -2.54. The lowest BCUT2D eigenvalue weighted by Gasteiger charge is -2.36. The molecule has 1 saturated heterocycles. The van der Waals surface area contributed by atoms with Gasteiger partial charge in [0.05, 0.1) is 32.1 Å². The van der Waals surface area contributed by atoms with Gasteiger partial charge in [-0.05, 0) is 45.2 Å². The van der Waals surface area contributed by atoms with E-state index in [2.05, 4.69) is 20.9 Å². The van der Waals surface area contributed by atoms with Crippen LogP contribution in [0.1, 0.15) is 33.1 Å². The minimum Gasteiger partial charge on any atom is -0.496 e. The molecule has 1 aliphatic heterocycles. The number of aliphatic hydroxyl groups excluding tert-OH is 1. The number of hydrogen-bond acceptors (Lipinski definition) is 6. The van der Waals surface area contributed by atoms with E-state index in [-0.39, 0.29) is 30.8 Å². The van der Waals surface area contributed by atoms with Gasteiger partial charge in [-0.1, -0.05) is 17.3 Å². The van der Waals surface area contributed by atoms with E-state index in [1.807, 2.05) is 44.3 Å². The molecule has 0 radical (unpaired) electrons. The number of ether oxygens (including phenoxy) is 2. The highest BCUT2D eigenvalue weighted by Crippen LogP contribution is 2.28. The maximum absolute atomic E-state index is 12.0. The fourth-order valence-corrected chi connectivity index (χ4v) is 3.65. The summed E-state index contributed by atoms with van der Waals surface area (Å²) >= 11 is 0. The van der Waals surface area contributed by atoms with Crippen molar-refractivity contribution in [2.24, 2.45) is 0 Å². The van der Waals surface area contributed by atoms with Crippen LogP contribution in [0.15, 0.2) is 30.5 Å². The summed E-state index contributed by atoms with van der Waals surface area (Å²) in [5.74, 6) is 0.756.